The fourth-order valence-electron chi connectivity index (χ4n) is 5.26. The minimum absolute atomic E-state index is 0.894. The predicted molar refractivity (Wildman–Crippen MR) is 178 cm³/mol. The molecule has 0 bridgehead atoms. The minimum atomic E-state index is 0.894. The van der Waals surface area contributed by atoms with E-state index in [-0.39, 0.29) is 0 Å². The molecule has 0 spiro atoms. The van der Waals surface area contributed by atoms with Crippen molar-refractivity contribution in [3.63, 3.8) is 0 Å². The average molecular weight is 535 g/mol. The number of rotatable bonds is 9. The SMILES string of the molecule is C=C(C)C(/C=C(CCC1CCCCC1)/C(C)=C/SC(=C)c1ccc(C)cc1)=C(C)C.CC.CC1CCCC1. The van der Waals surface area contributed by atoms with Crippen molar-refractivity contribution >= 4 is 16.7 Å². The third kappa shape index (κ3) is 13.4. The van der Waals surface area contributed by atoms with E-state index < -0.39 is 0 Å². The number of aryl methyl sites for hydroxylation is 1. The van der Waals surface area contributed by atoms with E-state index in [2.05, 4.69) is 90.4 Å². The largest absolute Gasteiger partial charge is 0.0978 e. The zero-order chi connectivity index (χ0) is 28.5. The molecule has 2 aliphatic carbocycles. The molecule has 0 nitrogen and oxygen atoms in total. The molecule has 2 saturated carbocycles. The third-order valence-corrected chi connectivity index (χ3v) is 8.76. The van der Waals surface area contributed by atoms with E-state index in [4.69, 9.17) is 0 Å². The lowest BCUT2D eigenvalue weighted by Gasteiger charge is -2.22. The van der Waals surface area contributed by atoms with Crippen LogP contribution < -0.4 is 0 Å². The van der Waals surface area contributed by atoms with Gasteiger partial charge in [-0.25, -0.2) is 0 Å². The van der Waals surface area contributed by atoms with Crippen molar-refractivity contribution in [3.8, 4) is 0 Å². The maximum Gasteiger partial charge on any atom is 0.0116 e. The number of hydrogen-bond donors (Lipinski definition) is 0. The summed E-state index contributed by atoms with van der Waals surface area (Å²) in [6, 6.07) is 8.63. The molecule has 0 atom stereocenters. The Balaban J connectivity index is 0.000000777. The molecular formula is C37H58S. The summed E-state index contributed by atoms with van der Waals surface area (Å²) in [6.07, 6.45) is 17.8. The van der Waals surface area contributed by atoms with E-state index in [1.807, 2.05) is 13.8 Å². The first-order chi connectivity index (χ1) is 18.2. The van der Waals surface area contributed by atoms with E-state index in [1.165, 1.54) is 97.6 Å². The van der Waals surface area contributed by atoms with Crippen LogP contribution in [0.3, 0.4) is 0 Å². The standard InChI is InChI=1S/C29H40S.C6H12.C2H6/c1-21(2)29(22(3)4)19-28(18-15-26-11-9-8-10-12-26)24(6)20-30-25(7)27-16-13-23(5)14-17-27;1-6-4-2-3-5-6;1-2/h13-14,16-17,19-20,26H,1,7-12,15,18H2,2-6H3;6H,2-5H2,1H3;1-2H3/b24-20+,28-19+;;. The van der Waals surface area contributed by atoms with E-state index >= 15 is 0 Å². The average Bonchev–Trinajstić information content (AvgIpc) is 3.40. The van der Waals surface area contributed by atoms with Crippen LogP contribution in [0, 0.1) is 18.8 Å². The molecule has 0 amide bonds. The zero-order valence-electron chi connectivity index (χ0n) is 26.2. The van der Waals surface area contributed by atoms with E-state index in [9.17, 15) is 0 Å². The van der Waals surface area contributed by atoms with Crippen molar-refractivity contribution in [2.75, 3.05) is 0 Å². The van der Waals surface area contributed by atoms with Crippen LogP contribution in [0.2, 0.25) is 0 Å². The van der Waals surface area contributed by atoms with Gasteiger partial charge in [-0.3, -0.25) is 0 Å². The molecule has 0 aromatic heterocycles. The van der Waals surface area contributed by atoms with Gasteiger partial charge in [0.1, 0.15) is 0 Å². The molecule has 212 valence electrons. The molecule has 0 aliphatic heterocycles. The number of hydrogen-bond acceptors (Lipinski definition) is 1. The molecule has 1 aromatic rings. The van der Waals surface area contributed by atoms with Crippen LogP contribution in [0.5, 0.6) is 0 Å². The van der Waals surface area contributed by atoms with Crippen molar-refractivity contribution in [1.82, 2.24) is 0 Å². The maximum absolute atomic E-state index is 4.30. The Morgan fingerprint density at radius 1 is 0.868 bits per heavy atom. The van der Waals surface area contributed by atoms with E-state index in [0.717, 1.165) is 28.7 Å². The normalized spacial score (nSPS) is 16.6. The summed E-state index contributed by atoms with van der Waals surface area (Å²) < 4.78 is 0. The molecule has 1 heteroatoms. The van der Waals surface area contributed by atoms with Gasteiger partial charge in [0.15, 0.2) is 0 Å². The van der Waals surface area contributed by atoms with E-state index in [1.54, 1.807) is 11.8 Å². The minimum Gasteiger partial charge on any atom is -0.0978 e. The van der Waals surface area contributed by atoms with Gasteiger partial charge in [0.2, 0.25) is 0 Å². The Labute approximate surface area is 241 Å². The molecule has 0 heterocycles. The molecular weight excluding hydrogens is 476 g/mol. The van der Waals surface area contributed by atoms with Gasteiger partial charge >= 0.3 is 0 Å². The van der Waals surface area contributed by atoms with E-state index in [0.29, 0.717) is 0 Å². The highest BCUT2D eigenvalue weighted by Crippen LogP contribution is 2.34. The Hall–Kier alpha value is -1.73. The summed E-state index contributed by atoms with van der Waals surface area (Å²) in [5.41, 5.74) is 9.06. The fourth-order valence-corrected chi connectivity index (χ4v) is 6.00. The first-order valence-electron chi connectivity index (χ1n) is 15.3. The molecule has 2 aliphatic rings. The topological polar surface area (TPSA) is 0 Å². The van der Waals surface area contributed by atoms with Crippen LogP contribution in [0.4, 0.5) is 0 Å². The molecule has 0 N–H and O–H groups in total. The van der Waals surface area contributed by atoms with Gasteiger partial charge in [-0.2, -0.15) is 0 Å². The first kappa shape index (κ1) is 34.3. The molecule has 0 unspecified atom stereocenters. The second kappa shape index (κ2) is 19.3. The first-order valence-corrected chi connectivity index (χ1v) is 16.2. The second-order valence-corrected chi connectivity index (χ2v) is 12.5. The van der Waals surface area contributed by atoms with Crippen molar-refractivity contribution in [2.45, 2.75) is 126 Å². The van der Waals surface area contributed by atoms with Crippen LogP contribution in [-0.4, -0.2) is 0 Å². The highest BCUT2D eigenvalue weighted by atomic mass is 32.2. The Morgan fingerprint density at radius 3 is 1.89 bits per heavy atom. The highest BCUT2D eigenvalue weighted by molar-refractivity contribution is 8.10. The lowest BCUT2D eigenvalue weighted by atomic mass is 9.84. The number of benzene rings is 1. The molecule has 2 fully saturated rings. The van der Waals surface area contributed by atoms with Crippen LogP contribution >= 0.6 is 11.8 Å². The lowest BCUT2D eigenvalue weighted by Crippen LogP contribution is -2.06. The van der Waals surface area contributed by atoms with Gasteiger partial charge < -0.3 is 0 Å². The second-order valence-electron chi connectivity index (χ2n) is 11.5. The van der Waals surface area contributed by atoms with Gasteiger partial charge in [-0.05, 0) is 87.0 Å². The zero-order valence-corrected chi connectivity index (χ0v) is 27.0. The van der Waals surface area contributed by atoms with Gasteiger partial charge in [0.05, 0.1) is 0 Å². The lowest BCUT2D eigenvalue weighted by molar-refractivity contribution is 0.339. The van der Waals surface area contributed by atoms with Crippen molar-refractivity contribution in [2.24, 2.45) is 11.8 Å². The van der Waals surface area contributed by atoms with Crippen molar-refractivity contribution in [1.29, 1.82) is 0 Å². The van der Waals surface area contributed by atoms with Crippen LogP contribution in [0.1, 0.15) is 130 Å². The predicted octanol–water partition coefficient (Wildman–Crippen LogP) is 13.0. The Morgan fingerprint density at radius 2 is 1.42 bits per heavy atom. The van der Waals surface area contributed by atoms with Crippen molar-refractivity contribution < 1.29 is 0 Å². The monoisotopic (exact) mass is 534 g/mol. The molecule has 3 rings (SSSR count). The summed E-state index contributed by atoms with van der Waals surface area (Å²) in [7, 11) is 0. The molecule has 38 heavy (non-hydrogen) atoms. The van der Waals surface area contributed by atoms with Gasteiger partial charge in [0.25, 0.3) is 0 Å². The van der Waals surface area contributed by atoms with Gasteiger partial charge in [0, 0.05) is 4.91 Å². The summed E-state index contributed by atoms with van der Waals surface area (Å²) >= 11 is 1.74. The van der Waals surface area contributed by atoms with Crippen LogP contribution in [0.15, 0.2) is 76.8 Å². The van der Waals surface area contributed by atoms with Crippen LogP contribution in [0.25, 0.3) is 4.91 Å². The Bertz CT molecular complexity index is 921. The van der Waals surface area contributed by atoms with Crippen LogP contribution in [-0.2, 0) is 0 Å². The fraction of sp³-hybridized carbons (Fsp3) is 0.568. The summed E-state index contributed by atoms with van der Waals surface area (Å²) in [6.45, 7) is 25.7. The highest BCUT2D eigenvalue weighted by Gasteiger charge is 2.15. The van der Waals surface area contributed by atoms with Crippen molar-refractivity contribution in [3.05, 3.63) is 87.9 Å². The van der Waals surface area contributed by atoms with Gasteiger partial charge in [-0.1, -0.05) is 151 Å². The molecule has 1 aromatic carbocycles. The quantitative estimate of drug-likeness (QED) is 0.284. The molecule has 0 saturated heterocycles. The third-order valence-electron chi connectivity index (χ3n) is 7.77. The van der Waals surface area contributed by atoms with Gasteiger partial charge in [-0.15, -0.1) is 0 Å². The Kier molecular flexibility index (Phi) is 17.5. The summed E-state index contributed by atoms with van der Waals surface area (Å²) in [5.74, 6) is 1.94. The number of thioether (sulfide) groups is 1. The smallest absolute Gasteiger partial charge is 0.0116 e. The maximum atomic E-state index is 4.30. The summed E-state index contributed by atoms with van der Waals surface area (Å²) in [4.78, 5) is 1.10. The summed E-state index contributed by atoms with van der Waals surface area (Å²) in [5, 5.41) is 2.29. The number of allylic oxidation sites excluding steroid dienone is 6. The molecule has 0 radical (unpaired) electrons.